The van der Waals surface area contributed by atoms with E-state index in [1.165, 1.54) is 6.07 Å². The molecule has 3 nitrogen and oxygen atoms in total. The molecule has 0 spiro atoms. The molecule has 0 aromatic heterocycles. The molecule has 0 aliphatic rings. The summed E-state index contributed by atoms with van der Waals surface area (Å²) >= 11 is 0. The Morgan fingerprint density at radius 3 is 2.63 bits per heavy atom. The van der Waals surface area contributed by atoms with Crippen molar-refractivity contribution >= 4 is 0 Å². The van der Waals surface area contributed by atoms with Crippen LogP contribution in [0.5, 0.6) is 5.75 Å². The van der Waals surface area contributed by atoms with E-state index in [9.17, 15) is 9.50 Å². The van der Waals surface area contributed by atoms with Gasteiger partial charge < -0.3 is 15.3 Å². The maximum absolute atomic E-state index is 12.9. The van der Waals surface area contributed by atoms with Crippen molar-refractivity contribution in [2.45, 2.75) is 33.2 Å². The minimum Gasteiger partial charge on any atom is -0.508 e. The van der Waals surface area contributed by atoms with E-state index < -0.39 is 5.82 Å². The molecule has 1 aromatic carbocycles. The number of phenolic OH excluding ortho intramolecular Hbond substituents is 1. The van der Waals surface area contributed by atoms with Crippen molar-refractivity contribution in [1.29, 1.82) is 0 Å². The molecule has 0 aliphatic heterocycles. The first kappa shape index (κ1) is 15.9. The van der Waals surface area contributed by atoms with E-state index in [0.29, 0.717) is 0 Å². The summed E-state index contributed by atoms with van der Waals surface area (Å²) in [4.78, 5) is 2.38. The van der Waals surface area contributed by atoms with Gasteiger partial charge >= 0.3 is 0 Å². The van der Waals surface area contributed by atoms with Gasteiger partial charge in [-0.2, -0.15) is 0 Å². The zero-order valence-corrected chi connectivity index (χ0v) is 12.1. The number of phenols is 1. The van der Waals surface area contributed by atoms with Gasteiger partial charge in [0.1, 0.15) is 11.6 Å². The third kappa shape index (κ3) is 5.17. The Labute approximate surface area is 115 Å². The highest BCUT2D eigenvalue weighted by atomic mass is 19.1. The summed E-state index contributed by atoms with van der Waals surface area (Å²) in [6.45, 7) is 10.3. The molecule has 4 heteroatoms. The molecule has 0 aliphatic carbocycles. The lowest BCUT2D eigenvalue weighted by molar-refractivity contribution is 0.283. The lowest BCUT2D eigenvalue weighted by Gasteiger charge is -2.22. The molecule has 2 N–H and O–H groups in total. The highest BCUT2D eigenvalue weighted by molar-refractivity contribution is 5.34. The van der Waals surface area contributed by atoms with E-state index in [2.05, 4.69) is 24.1 Å². The molecule has 108 valence electrons. The van der Waals surface area contributed by atoms with Crippen molar-refractivity contribution in [1.82, 2.24) is 10.2 Å². The van der Waals surface area contributed by atoms with Crippen LogP contribution in [0.3, 0.4) is 0 Å². The fourth-order valence-corrected chi connectivity index (χ4v) is 2.18. The molecule has 1 aromatic rings. The van der Waals surface area contributed by atoms with Crippen molar-refractivity contribution in [3.05, 3.63) is 29.6 Å². The topological polar surface area (TPSA) is 35.5 Å². The van der Waals surface area contributed by atoms with E-state index >= 15 is 0 Å². The Bertz CT molecular complexity index is 384. The summed E-state index contributed by atoms with van der Waals surface area (Å²) in [6, 6.07) is 4.18. The average Bonchev–Trinajstić information content (AvgIpc) is 2.37. The average molecular weight is 268 g/mol. The first-order valence-corrected chi connectivity index (χ1v) is 7.02. The lowest BCUT2D eigenvalue weighted by Crippen LogP contribution is -2.33. The molecule has 1 atom stereocenters. The number of hydrogen-bond acceptors (Lipinski definition) is 3. The van der Waals surface area contributed by atoms with Crippen molar-refractivity contribution in [2.75, 3.05) is 26.2 Å². The van der Waals surface area contributed by atoms with Crippen molar-refractivity contribution < 1.29 is 9.50 Å². The monoisotopic (exact) mass is 268 g/mol. The van der Waals surface area contributed by atoms with Crippen LogP contribution in [0.4, 0.5) is 4.39 Å². The van der Waals surface area contributed by atoms with Gasteiger partial charge in [-0.3, -0.25) is 0 Å². The number of aromatic hydroxyl groups is 1. The normalized spacial score (nSPS) is 12.9. The van der Waals surface area contributed by atoms with Gasteiger partial charge in [0.05, 0.1) is 0 Å². The van der Waals surface area contributed by atoms with E-state index in [-0.39, 0.29) is 11.8 Å². The Morgan fingerprint density at radius 1 is 1.32 bits per heavy atom. The highest BCUT2D eigenvalue weighted by Crippen LogP contribution is 2.24. The Kier molecular flexibility index (Phi) is 6.81. The minimum atomic E-state index is -0.409. The van der Waals surface area contributed by atoms with Gasteiger partial charge in [0.15, 0.2) is 0 Å². The molecule has 0 radical (unpaired) electrons. The fraction of sp³-hybridized carbons (Fsp3) is 0.600. The fourth-order valence-electron chi connectivity index (χ4n) is 2.18. The zero-order valence-electron chi connectivity index (χ0n) is 12.1. The number of nitrogens with one attached hydrogen (secondary N) is 1. The SMILES string of the molecule is CCCN(CC)CCNC(C)c1ccc(F)cc1O. The standard InChI is InChI=1S/C15H25FN2O/c1-4-9-18(5-2)10-8-17-12(3)14-7-6-13(16)11-15(14)19/h6-7,11-12,17,19H,4-5,8-10H2,1-3H3. The molecular formula is C15H25FN2O. The van der Waals surface area contributed by atoms with Gasteiger partial charge in [0, 0.05) is 30.8 Å². The highest BCUT2D eigenvalue weighted by Gasteiger charge is 2.10. The van der Waals surface area contributed by atoms with Gasteiger partial charge in [-0.1, -0.05) is 19.9 Å². The van der Waals surface area contributed by atoms with Gasteiger partial charge in [-0.15, -0.1) is 0 Å². The lowest BCUT2D eigenvalue weighted by atomic mass is 10.1. The second kappa shape index (κ2) is 8.12. The van der Waals surface area contributed by atoms with E-state index in [1.54, 1.807) is 6.07 Å². The van der Waals surface area contributed by atoms with Crippen molar-refractivity contribution in [3.63, 3.8) is 0 Å². The Balaban J connectivity index is 2.44. The van der Waals surface area contributed by atoms with Crippen LogP contribution in [0.2, 0.25) is 0 Å². The predicted octanol–water partition coefficient (Wildman–Crippen LogP) is 2.91. The van der Waals surface area contributed by atoms with Crippen LogP contribution in [-0.2, 0) is 0 Å². The number of hydrogen-bond donors (Lipinski definition) is 2. The second-order valence-electron chi connectivity index (χ2n) is 4.81. The third-order valence-corrected chi connectivity index (χ3v) is 3.32. The molecule has 1 unspecified atom stereocenters. The quantitative estimate of drug-likeness (QED) is 0.761. The van der Waals surface area contributed by atoms with Crippen LogP contribution in [0, 0.1) is 5.82 Å². The third-order valence-electron chi connectivity index (χ3n) is 3.32. The largest absolute Gasteiger partial charge is 0.508 e. The van der Waals surface area contributed by atoms with E-state index in [0.717, 1.165) is 44.2 Å². The maximum Gasteiger partial charge on any atom is 0.126 e. The molecule has 0 heterocycles. The number of nitrogens with zero attached hydrogens (tertiary/aromatic N) is 1. The van der Waals surface area contributed by atoms with Crippen LogP contribution in [-0.4, -0.2) is 36.2 Å². The minimum absolute atomic E-state index is 0.0147. The van der Waals surface area contributed by atoms with E-state index in [1.807, 2.05) is 6.92 Å². The molecule has 0 amide bonds. The molecular weight excluding hydrogens is 243 g/mol. The molecule has 1 rings (SSSR count). The number of benzene rings is 1. The van der Waals surface area contributed by atoms with Crippen LogP contribution < -0.4 is 5.32 Å². The summed E-state index contributed by atoms with van der Waals surface area (Å²) in [6.07, 6.45) is 1.15. The smallest absolute Gasteiger partial charge is 0.126 e. The summed E-state index contributed by atoms with van der Waals surface area (Å²) in [5.74, 6) is -0.394. The Hall–Kier alpha value is -1.13. The molecule has 19 heavy (non-hydrogen) atoms. The first-order chi connectivity index (χ1) is 9.08. The van der Waals surface area contributed by atoms with Crippen LogP contribution in [0.25, 0.3) is 0 Å². The van der Waals surface area contributed by atoms with Gasteiger partial charge in [-0.25, -0.2) is 4.39 Å². The maximum atomic E-state index is 12.9. The zero-order chi connectivity index (χ0) is 14.3. The van der Waals surface area contributed by atoms with Crippen LogP contribution in [0.15, 0.2) is 18.2 Å². The predicted molar refractivity (Wildman–Crippen MR) is 76.9 cm³/mol. The van der Waals surface area contributed by atoms with Crippen molar-refractivity contribution in [2.24, 2.45) is 0 Å². The van der Waals surface area contributed by atoms with Gasteiger partial charge in [-0.05, 0) is 32.5 Å². The van der Waals surface area contributed by atoms with E-state index in [4.69, 9.17) is 0 Å². The molecule has 0 fully saturated rings. The molecule has 0 saturated heterocycles. The number of rotatable bonds is 8. The van der Waals surface area contributed by atoms with Crippen LogP contribution >= 0.6 is 0 Å². The summed E-state index contributed by atoms with van der Waals surface area (Å²) < 4.78 is 12.9. The Morgan fingerprint density at radius 2 is 2.05 bits per heavy atom. The molecule has 0 bridgehead atoms. The summed E-state index contributed by atoms with van der Waals surface area (Å²) in [7, 11) is 0. The number of likely N-dealkylation sites (N-methyl/N-ethyl adjacent to an activating group) is 1. The van der Waals surface area contributed by atoms with Crippen LogP contribution in [0.1, 0.15) is 38.8 Å². The van der Waals surface area contributed by atoms with Gasteiger partial charge in [0.25, 0.3) is 0 Å². The second-order valence-corrected chi connectivity index (χ2v) is 4.81. The molecule has 0 saturated carbocycles. The number of halogens is 1. The van der Waals surface area contributed by atoms with Gasteiger partial charge in [0.2, 0.25) is 0 Å². The summed E-state index contributed by atoms with van der Waals surface area (Å²) in [5, 5.41) is 13.1. The van der Waals surface area contributed by atoms with Crippen molar-refractivity contribution in [3.8, 4) is 5.75 Å². The first-order valence-electron chi connectivity index (χ1n) is 7.02. The summed E-state index contributed by atoms with van der Waals surface area (Å²) in [5.41, 5.74) is 0.736.